The number of nitrogens with zero attached hydrogens (tertiary/aromatic N) is 5. The Morgan fingerprint density at radius 3 is 2.73 bits per heavy atom. The normalized spacial score (nSPS) is 17.3. The molecule has 0 saturated carbocycles. The van der Waals surface area contributed by atoms with Gasteiger partial charge in [-0.05, 0) is 31.4 Å². The number of nitrogens with one attached hydrogen (secondary N) is 2. The molecule has 154 valence electrons. The average molecular weight is 405 g/mol. The molecular formula is C21H23N7O2. The van der Waals surface area contributed by atoms with Gasteiger partial charge in [-0.25, -0.2) is 15.0 Å². The number of aryl methyl sites for hydroxylation is 1. The van der Waals surface area contributed by atoms with Crippen molar-refractivity contribution in [3.63, 3.8) is 0 Å². The molecule has 0 radical (unpaired) electrons. The Bertz CT molecular complexity index is 1160. The fourth-order valence-corrected chi connectivity index (χ4v) is 4.71. The van der Waals surface area contributed by atoms with E-state index < -0.39 is 5.41 Å². The van der Waals surface area contributed by atoms with Crippen LogP contribution in [-0.4, -0.2) is 51.5 Å². The molecule has 5 rings (SSSR count). The maximum Gasteiger partial charge on any atom is 0.287 e. The van der Waals surface area contributed by atoms with E-state index in [0.717, 1.165) is 11.3 Å². The largest absolute Gasteiger partial charge is 0.355 e. The van der Waals surface area contributed by atoms with Crippen LogP contribution in [0.3, 0.4) is 0 Å². The van der Waals surface area contributed by atoms with Crippen LogP contribution in [0, 0.1) is 0 Å². The molecule has 0 bridgehead atoms. The third-order valence-corrected chi connectivity index (χ3v) is 6.30. The molecular weight excluding hydrogens is 382 g/mol. The number of carbonyl (C=O) groups is 2. The van der Waals surface area contributed by atoms with Crippen LogP contribution in [0.2, 0.25) is 0 Å². The molecule has 9 heteroatoms. The van der Waals surface area contributed by atoms with Crippen molar-refractivity contribution in [1.29, 1.82) is 0 Å². The number of anilines is 2. The Morgan fingerprint density at radius 2 is 2.00 bits per heavy atom. The second kappa shape index (κ2) is 6.79. The summed E-state index contributed by atoms with van der Waals surface area (Å²) in [6.07, 6.45) is 2.90. The van der Waals surface area contributed by atoms with Crippen molar-refractivity contribution in [3.05, 3.63) is 42.0 Å². The van der Waals surface area contributed by atoms with Crippen molar-refractivity contribution >= 4 is 34.5 Å². The summed E-state index contributed by atoms with van der Waals surface area (Å²) in [7, 11) is 1.59. The van der Waals surface area contributed by atoms with E-state index in [0.29, 0.717) is 55.3 Å². The molecule has 2 N–H and O–H groups in total. The van der Waals surface area contributed by atoms with E-state index in [1.807, 2.05) is 31.2 Å². The standard InChI is InChI=1S/C21H23N7O2/c1-3-28-17-15(26-18(28)19(29)22-2)16(23-12-24-17)27-10-8-21(9-11-27)13-6-4-5-7-14(13)25-20(21)30/h4-7,12H,3,8-11H2,1-2H3,(H,22,29)(H,25,30). The number of carbonyl (C=O) groups excluding carboxylic acids is 2. The van der Waals surface area contributed by atoms with E-state index in [1.54, 1.807) is 11.6 Å². The summed E-state index contributed by atoms with van der Waals surface area (Å²) in [4.78, 5) is 40.7. The Labute approximate surface area is 173 Å². The highest BCUT2D eigenvalue weighted by Gasteiger charge is 2.48. The summed E-state index contributed by atoms with van der Waals surface area (Å²) < 4.78 is 1.80. The first-order valence-electron chi connectivity index (χ1n) is 10.2. The number of amides is 2. The number of fused-ring (bicyclic) bond motifs is 3. The van der Waals surface area contributed by atoms with Crippen molar-refractivity contribution in [2.45, 2.75) is 31.7 Å². The van der Waals surface area contributed by atoms with E-state index in [2.05, 4.69) is 30.5 Å². The Balaban J connectivity index is 1.49. The zero-order valence-electron chi connectivity index (χ0n) is 17.0. The van der Waals surface area contributed by atoms with Crippen LogP contribution < -0.4 is 15.5 Å². The smallest absolute Gasteiger partial charge is 0.287 e. The highest BCUT2D eigenvalue weighted by molar-refractivity contribution is 6.06. The minimum atomic E-state index is -0.491. The Hall–Kier alpha value is -3.49. The summed E-state index contributed by atoms with van der Waals surface area (Å²) in [6.45, 7) is 3.87. The Morgan fingerprint density at radius 1 is 1.23 bits per heavy atom. The lowest BCUT2D eigenvalue weighted by atomic mass is 9.73. The molecule has 2 aromatic heterocycles. The van der Waals surface area contributed by atoms with Crippen LogP contribution in [0.4, 0.5) is 11.5 Å². The first kappa shape index (κ1) is 18.5. The lowest BCUT2D eigenvalue weighted by Crippen LogP contribution is -2.46. The zero-order valence-corrected chi connectivity index (χ0v) is 17.0. The third-order valence-electron chi connectivity index (χ3n) is 6.30. The predicted octanol–water partition coefficient (Wildman–Crippen LogP) is 1.70. The number of rotatable bonds is 3. The summed E-state index contributed by atoms with van der Waals surface area (Å²) in [6, 6.07) is 7.93. The van der Waals surface area contributed by atoms with Crippen molar-refractivity contribution < 1.29 is 9.59 Å². The molecule has 0 atom stereocenters. The summed E-state index contributed by atoms with van der Waals surface area (Å²) in [5.74, 6) is 0.860. The maximum absolute atomic E-state index is 12.8. The van der Waals surface area contributed by atoms with Gasteiger partial charge in [-0.1, -0.05) is 18.2 Å². The van der Waals surface area contributed by atoms with Crippen LogP contribution in [0.15, 0.2) is 30.6 Å². The number of aromatic nitrogens is 4. The topological polar surface area (TPSA) is 105 Å². The van der Waals surface area contributed by atoms with Crippen molar-refractivity contribution in [1.82, 2.24) is 24.8 Å². The van der Waals surface area contributed by atoms with E-state index in [9.17, 15) is 9.59 Å². The van der Waals surface area contributed by atoms with E-state index in [-0.39, 0.29) is 11.8 Å². The lowest BCUT2D eigenvalue weighted by molar-refractivity contribution is -0.121. The number of hydrogen-bond donors (Lipinski definition) is 2. The molecule has 2 aliphatic heterocycles. The quantitative estimate of drug-likeness (QED) is 0.687. The van der Waals surface area contributed by atoms with Gasteiger partial charge in [0.05, 0.1) is 5.41 Å². The molecule has 0 unspecified atom stereocenters. The molecule has 2 aliphatic rings. The van der Waals surface area contributed by atoms with Crippen molar-refractivity contribution in [2.24, 2.45) is 0 Å². The fourth-order valence-electron chi connectivity index (χ4n) is 4.71. The molecule has 1 fully saturated rings. The van der Waals surface area contributed by atoms with Crippen LogP contribution in [0.25, 0.3) is 11.2 Å². The van der Waals surface area contributed by atoms with Gasteiger partial charge in [0.2, 0.25) is 11.7 Å². The molecule has 3 aromatic rings. The Kier molecular flexibility index (Phi) is 4.19. The molecule has 1 saturated heterocycles. The van der Waals surface area contributed by atoms with Gasteiger partial charge < -0.3 is 20.1 Å². The molecule has 30 heavy (non-hydrogen) atoms. The molecule has 1 aromatic carbocycles. The highest BCUT2D eigenvalue weighted by Crippen LogP contribution is 2.45. The predicted molar refractivity (Wildman–Crippen MR) is 113 cm³/mol. The second-order valence-corrected chi connectivity index (χ2v) is 7.70. The number of imidazole rings is 1. The fraction of sp³-hybridized carbons (Fsp3) is 0.381. The van der Waals surface area contributed by atoms with Crippen molar-refractivity contribution in [3.8, 4) is 0 Å². The summed E-state index contributed by atoms with van der Waals surface area (Å²) >= 11 is 0. The lowest BCUT2D eigenvalue weighted by Gasteiger charge is -2.38. The van der Waals surface area contributed by atoms with Crippen molar-refractivity contribution in [2.75, 3.05) is 30.4 Å². The van der Waals surface area contributed by atoms with Gasteiger partial charge in [0.15, 0.2) is 17.0 Å². The van der Waals surface area contributed by atoms with Gasteiger partial charge in [0.25, 0.3) is 5.91 Å². The minimum absolute atomic E-state index is 0.0772. The van der Waals surface area contributed by atoms with Crippen LogP contribution >= 0.6 is 0 Å². The molecule has 0 aliphatic carbocycles. The van der Waals surface area contributed by atoms with Gasteiger partial charge >= 0.3 is 0 Å². The molecule has 1 spiro atoms. The maximum atomic E-state index is 12.8. The van der Waals surface area contributed by atoms with E-state index >= 15 is 0 Å². The zero-order chi connectivity index (χ0) is 20.9. The first-order valence-corrected chi connectivity index (χ1v) is 10.2. The van der Waals surface area contributed by atoms with Gasteiger partial charge in [-0.2, -0.15) is 0 Å². The first-order chi connectivity index (χ1) is 14.6. The van der Waals surface area contributed by atoms with E-state index in [1.165, 1.54) is 6.33 Å². The molecule has 9 nitrogen and oxygen atoms in total. The van der Waals surface area contributed by atoms with Crippen LogP contribution in [-0.2, 0) is 16.8 Å². The monoisotopic (exact) mass is 405 g/mol. The minimum Gasteiger partial charge on any atom is -0.355 e. The van der Waals surface area contributed by atoms with Crippen LogP contribution in [0.1, 0.15) is 35.9 Å². The molecule has 4 heterocycles. The van der Waals surface area contributed by atoms with Gasteiger partial charge in [-0.15, -0.1) is 0 Å². The average Bonchev–Trinajstić information content (AvgIpc) is 3.29. The number of benzene rings is 1. The summed E-state index contributed by atoms with van der Waals surface area (Å²) in [5, 5.41) is 5.67. The van der Waals surface area contributed by atoms with Crippen LogP contribution in [0.5, 0.6) is 0 Å². The SMILES string of the molecule is CCn1c(C(=O)NC)nc2c(N3CCC4(CC3)C(=O)Nc3ccccc34)ncnc21. The second-order valence-electron chi connectivity index (χ2n) is 7.70. The van der Waals surface area contributed by atoms with Gasteiger partial charge in [-0.3, -0.25) is 9.59 Å². The molecule has 2 amide bonds. The van der Waals surface area contributed by atoms with Gasteiger partial charge in [0.1, 0.15) is 6.33 Å². The number of para-hydroxylation sites is 1. The van der Waals surface area contributed by atoms with Gasteiger partial charge in [0, 0.05) is 32.4 Å². The number of piperidine rings is 1. The number of hydrogen-bond acceptors (Lipinski definition) is 6. The summed E-state index contributed by atoms with van der Waals surface area (Å²) in [5.41, 5.74) is 2.77. The van der Waals surface area contributed by atoms with E-state index in [4.69, 9.17) is 0 Å². The third kappa shape index (κ3) is 2.51. The highest BCUT2D eigenvalue weighted by atomic mass is 16.2.